The highest BCUT2D eigenvalue weighted by Crippen LogP contribution is 2.35. The third kappa shape index (κ3) is 2.62. The molecule has 3 N–H and O–H groups in total. The van der Waals surface area contributed by atoms with Crippen LogP contribution in [0, 0.1) is 0 Å². The van der Waals surface area contributed by atoms with Crippen molar-refractivity contribution in [3.8, 4) is 0 Å². The molecule has 5 heteroatoms. The number of aromatic nitrogens is 1. The molecule has 3 rings (SSSR count). The van der Waals surface area contributed by atoms with E-state index in [1.54, 1.807) is 6.20 Å². The average molecular weight is 289 g/mol. The first kappa shape index (κ1) is 12.6. The minimum absolute atomic E-state index is 0.351. The zero-order chi connectivity index (χ0) is 13.2. The normalized spacial score (nSPS) is 17.8. The Morgan fingerprint density at radius 2 is 2.37 bits per heavy atom. The lowest BCUT2D eigenvalue weighted by Crippen LogP contribution is -2.17. The van der Waals surface area contributed by atoms with Crippen molar-refractivity contribution in [1.82, 2.24) is 4.98 Å². The smallest absolute Gasteiger partial charge is 0.127 e. The molecule has 0 spiro atoms. The van der Waals surface area contributed by atoms with Crippen LogP contribution >= 0.6 is 23.6 Å². The lowest BCUT2D eigenvalue weighted by Gasteiger charge is -2.24. The van der Waals surface area contributed by atoms with Gasteiger partial charge in [0.05, 0.1) is 6.04 Å². The van der Waals surface area contributed by atoms with Crippen molar-refractivity contribution in [1.29, 1.82) is 0 Å². The Morgan fingerprint density at radius 3 is 3.21 bits per heavy atom. The Morgan fingerprint density at radius 1 is 1.47 bits per heavy atom. The van der Waals surface area contributed by atoms with Gasteiger partial charge in [0.15, 0.2) is 0 Å². The van der Waals surface area contributed by atoms with Crippen LogP contribution < -0.4 is 11.1 Å². The predicted octanol–water partition coefficient (Wildman–Crippen LogP) is 3.27. The van der Waals surface area contributed by atoms with Crippen molar-refractivity contribution in [3.05, 3.63) is 45.8 Å². The van der Waals surface area contributed by atoms with Gasteiger partial charge in [0.1, 0.15) is 10.8 Å². The zero-order valence-electron chi connectivity index (χ0n) is 10.4. The quantitative estimate of drug-likeness (QED) is 0.852. The van der Waals surface area contributed by atoms with Crippen LogP contribution in [0.15, 0.2) is 29.8 Å². The molecule has 0 aliphatic heterocycles. The Kier molecular flexibility index (Phi) is 3.48. The zero-order valence-corrected chi connectivity index (χ0v) is 12.1. The average Bonchev–Trinajstić information content (AvgIpc) is 2.88. The maximum atomic E-state index is 5.65. The summed E-state index contributed by atoms with van der Waals surface area (Å²) >= 11 is 6.85. The van der Waals surface area contributed by atoms with Gasteiger partial charge in [0.25, 0.3) is 0 Å². The highest BCUT2D eigenvalue weighted by atomic mass is 32.1. The first-order valence-electron chi connectivity index (χ1n) is 6.32. The number of fused-ring (bicyclic) bond motifs is 1. The van der Waals surface area contributed by atoms with Crippen LogP contribution in [-0.2, 0) is 6.42 Å². The summed E-state index contributed by atoms with van der Waals surface area (Å²) in [7, 11) is 0. The van der Waals surface area contributed by atoms with Crippen LogP contribution in [0.2, 0.25) is 0 Å². The molecule has 2 aromatic heterocycles. The SMILES string of the molecule is NC(=S)c1ccnc(NC2CCCc3sccc32)c1. The van der Waals surface area contributed by atoms with Crippen LogP contribution in [0.1, 0.15) is 34.9 Å². The maximum Gasteiger partial charge on any atom is 0.127 e. The highest BCUT2D eigenvalue weighted by molar-refractivity contribution is 7.80. The van der Waals surface area contributed by atoms with E-state index in [1.807, 2.05) is 23.5 Å². The summed E-state index contributed by atoms with van der Waals surface area (Å²) in [5.41, 5.74) is 7.92. The van der Waals surface area contributed by atoms with Crippen LogP contribution in [0.25, 0.3) is 0 Å². The number of pyridine rings is 1. The third-order valence-electron chi connectivity index (χ3n) is 3.42. The molecular weight excluding hydrogens is 274 g/mol. The molecule has 19 heavy (non-hydrogen) atoms. The second-order valence-electron chi connectivity index (χ2n) is 4.68. The van der Waals surface area contributed by atoms with Gasteiger partial charge in [0, 0.05) is 16.6 Å². The van der Waals surface area contributed by atoms with Crippen LogP contribution in [-0.4, -0.2) is 9.97 Å². The second kappa shape index (κ2) is 5.27. The summed E-state index contributed by atoms with van der Waals surface area (Å²) in [6.45, 7) is 0. The van der Waals surface area contributed by atoms with Crippen molar-refractivity contribution in [2.75, 3.05) is 5.32 Å². The Labute approximate surface area is 121 Å². The van der Waals surface area contributed by atoms with E-state index in [2.05, 4.69) is 21.7 Å². The summed E-state index contributed by atoms with van der Waals surface area (Å²) in [5.74, 6) is 0.842. The maximum absolute atomic E-state index is 5.65. The van der Waals surface area contributed by atoms with Crippen LogP contribution in [0.5, 0.6) is 0 Å². The Hall–Kier alpha value is -1.46. The van der Waals surface area contributed by atoms with Crippen LogP contribution in [0.3, 0.4) is 0 Å². The minimum atomic E-state index is 0.351. The fourth-order valence-electron chi connectivity index (χ4n) is 2.48. The van der Waals surface area contributed by atoms with E-state index in [-0.39, 0.29) is 0 Å². The minimum Gasteiger partial charge on any atom is -0.389 e. The molecule has 0 bridgehead atoms. The molecule has 3 nitrogen and oxygen atoms in total. The van der Waals surface area contributed by atoms with Gasteiger partial charge < -0.3 is 11.1 Å². The fraction of sp³-hybridized carbons (Fsp3) is 0.286. The summed E-state index contributed by atoms with van der Waals surface area (Å²) in [4.78, 5) is 6.25. The van der Waals surface area contributed by atoms with Crippen molar-refractivity contribution in [3.63, 3.8) is 0 Å². The largest absolute Gasteiger partial charge is 0.389 e. The van der Waals surface area contributed by atoms with E-state index in [9.17, 15) is 0 Å². The van der Waals surface area contributed by atoms with Gasteiger partial charge in [-0.15, -0.1) is 11.3 Å². The molecule has 1 unspecified atom stereocenters. The number of thiophene rings is 1. The van der Waals surface area contributed by atoms with E-state index in [1.165, 1.54) is 23.3 Å². The molecule has 0 aromatic carbocycles. The number of thiocarbonyl (C=S) groups is 1. The number of nitrogens with one attached hydrogen (secondary N) is 1. The summed E-state index contributed by atoms with van der Waals surface area (Å²) in [6.07, 6.45) is 5.31. The van der Waals surface area contributed by atoms with Gasteiger partial charge in [-0.2, -0.15) is 0 Å². The van der Waals surface area contributed by atoms with Crippen molar-refractivity contribution >= 4 is 34.4 Å². The third-order valence-corrected chi connectivity index (χ3v) is 4.65. The molecule has 0 radical (unpaired) electrons. The molecule has 1 aliphatic carbocycles. The second-order valence-corrected chi connectivity index (χ2v) is 6.12. The summed E-state index contributed by atoms with van der Waals surface area (Å²) in [5, 5.41) is 5.67. The first-order chi connectivity index (χ1) is 9.24. The number of anilines is 1. The predicted molar refractivity (Wildman–Crippen MR) is 83.7 cm³/mol. The molecular formula is C14H15N3S2. The molecule has 1 atom stereocenters. The molecule has 0 amide bonds. The van der Waals surface area contributed by atoms with Gasteiger partial charge in [-0.3, -0.25) is 0 Å². The summed E-state index contributed by atoms with van der Waals surface area (Å²) in [6, 6.07) is 6.32. The first-order valence-corrected chi connectivity index (χ1v) is 7.61. The van der Waals surface area contributed by atoms with Crippen molar-refractivity contribution < 1.29 is 0 Å². The molecule has 0 fully saturated rings. The standard InChI is InChI=1S/C14H15N3S2/c15-14(18)9-4-6-16-13(8-9)17-11-2-1-3-12-10(11)5-7-19-12/h4-8,11H,1-3H2,(H2,15,18)(H,16,17). The van der Waals surface area contributed by atoms with E-state index in [4.69, 9.17) is 18.0 Å². The molecule has 98 valence electrons. The number of aryl methyl sites for hydroxylation is 1. The highest BCUT2D eigenvalue weighted by Gasteiger charge is 2.21. The van der Waals surface area contributed by atoms with Crippen LogP contribution in [0.4, 0.5) is 5.82 Å². The molecule has 2 heterocycles. The van der Waals surface area contributed by atoms with E-state index in [0.717, 1.165) is 17.8 Å². The fourth-order valence-corrected chi connectivity index (χ4v) is 3.59. The number of hydrogen-bond donors (Lipinski definition) is 2. The topological polar surface area (TPSA) is 50.9 Å². The Bertz CT molecular complexity index is 606. The van der Waals surface area contributed by atoms with Gasteiger partial charge in [-0.25, -0.2) is 4.98 Å². The van der Waals surface area contributed by atoms with Gasteiger partial charge in [-0.05, 0) is 48.4 Å². The van der Waals surface area contributed by atoms with Crippen molar-refractivity contribution in [2.45, 2.75) is 25.3 Å². The number of nitrogens with zero attached hydrogens (tertiary/aromatic N) is 1. The molecule has 0 saturated heterocycles. The van der Waals surface area contributed by atoms with Gasteiger partial charge >= 0.3 is 0 Å². The van der Waals surface area contributed by atoms with Gasteiger partial charge in [0.2, 0.25) is 0 Å². The lowest BCUT2D eigenvalue weighted by atomic mass is 9.94. The Balaban J connectivity index is 1.83. The summed E-state index contributed by atoms with van der Waals surface area (Å²) < 4.78 is 0. The number of hydrogen-bond acceptors (Lipinski definition) is 4. The molecule has 0 saturated carbocycles. The van der Waals surface area contributed by atoms with E-state index < -0.39 is 0 Å². The molecule has 1 aliphatic rings. The monoisotopic (exact) mass is 289 g/mol. The van der Waals surface area contributed by atoms with E-state index in [0.29, 0.717) is 11.0 Å². The van der Waals surface area contributed by atoms with E-state index >= 15 is 0 Å². The number of rotatable bonds is 3. The van der Waals surface area contributed by atoms with Gasteiger partial charge in [-0.1, -0.05) is 12.2 Å². The lowest BCUT2D eigenvalue weighted by molar-refractivity contribution is 0.607. The van der Waals surface area contributed by atoms with Crippen molar-refractivity contribution in [2.24, 2.45) is 5.73 Å². The number of nitrogens with two attached hydrogens (primary N) is 1. The molecule has 2 aromatic rings.